The molecule has 150 valence electrons. The summed E-state index contributed by atoms with van der Waals surface area (Å²) in [6.07, 6.45) is 1.67. The number of nitrogen functional groups attached to an aromatic ring is 1. The number of rotatable bonds is 5. The van der Waals surface area contributed by atoms with Crippen LogP contribution in [0.5, 0.6) is 0 Å². The lowest BCUT2D eigenvalue weighted by Gasteiger charge is -2.25. The maximum Gasteiger partial charge on any atom is 0.232 e. The van der Waals surface area contributed by atoms with E-state index in [9.17, 15) is 5.26 Å². The lowest BCUT2D eigenvalue weighted by Crippen LogP contribution is -2.29. The summed E-state index contributed by atoms with van der Waals surface area (Å²) in [5.41, 5.74) is 9.51. The molecule has 1 aromatic heterocycles. The van der Waals surface area contributed by atoms with Gasteiger partial charge in [0.1, 0.15) is 16.9 Å². The summed E-state index contributed by atoms with van der Waals surface area (Å²) in [5.74, 6) is 1.43. The van der Waals surface area contributed by atoms with Crippen molar-refractivity contribution in [2.45, 2.75) is 30.5 Å². The molecule has 0 spiro atoms. The van der Waals surface area contributed by atoms with E-state index in [1.807, 2.05) is 31.2 Å². The van der Waals surface area contributed by atoms with Gasteiger partial charge in [0, 0.05) is 31.1 Å². The number of hydrogen-bond acceptors (Lipinski definition) is 6. The van der Waals surface area contributed by atoms with Crippen LogP contribution in [0.15, 0.2) is 29.3 Å². The number of thioether (sulfide) groups is 1. The number of likely N-dealkylation sites (N-methyl/N-ethyl adjacent to an activating group) is 1. The zero-order chi connectivity index (χ0) is 20.8. The Balaban J connectivity index is 1.99. The topological polar surface area (TPSA) is 73.5 Å². The molecule has 1 aliphatic heterocycles. The first-order valence-corrected chi connectivity index (χ1v) is 10.8. The molecular formula is C22H26N6S. The van der Waals surface area contributed by atoms with Gasteiger partial charge in [0.2, 0.25) is 5.69 Å². The monoisotopic (exact) mass is 406 g/mol. The van der Waals surface area contributed by atoms with E-state index in [2.05, 4.69) is 27.8 Å². The van der Waals surface area contributed by atoms with Crippen LogP contribution in [0.25, 0.3) is 4.85 Å². The van der Waals surface area contributed by atoms with Crippen molar-refractivity contribution < 1.29 is 0 Å². The van der Waals surface area contributed by atoms with Crippen LogP contribution in [0.1, 0.15) is 30.0 Å². The predicted molar refractivity (Wildman–Crippen MR) is 119 cm³/mol. The molecule has 0 amide bonds. The normalized spacial score (nSPS) is 14.8. The summed E-state index contributed by atoms with van der Waals surface area (Å²) in [5, 5.41) is 10.5. The van der Waals surface area contributed by atoms with Gasteiger partial charge in [0.15, 0.2) is 0 Å². The number of anilines is 2. The van der Waals surface area contributed by atoms with Gasteiger partial charge >= 0.3 is 0 Å². The van der Waals surface area contributed by atoms with Crippen LogP contribution in [0, 0.1) is 17.9 Å². The van der Waals surface area contributed by atoms with Crippen molar-refractivity contribution in [2.24, 2.45) is 0 Å². The molecule has 2 heterocycles. The van der Waals surface area contributed by atoms with E-state index in [1.54, 1.807) is 11.8 Å². The number of nitrogens with two attached hydrogens (primary N) is 1. The van der Waals surface area contributed by atoms with E-state index in [4.69, 9.17) is 17.3 Å². The SMILES string of the molecule is [C-]#[N+]c1c(N2CCCN(C)CC2)nc(SCc2ccc(N)cc2)c(C#N)c1CC. The van der Waals surface area contributed by atoms with Crippen molar-refractivity contribution >= 4 is 29.0 Å². The van der Waals surface area contributed by atoms with E-state index >= 15 is 0 Å². The van der Waals surface area contributed by atoms with Crippen LogP contribution in [0.2, 0.25) is 0 Å². The molecule has 0 saturated carbocycles. The minimum atomic E-state index is 0.533. The Labute approximate surface area is 177 Å². The number of nitrogens with zero attached hydrogens (tertiary/aromatic N) is 5. The second-order valence-electron chi connectivity index (χ2n) is 7.19. The van der Waals surface area contributed by atoms with Crippen LogP contribution < -0.4 is 10.6 Å². The van der Waals surface area contributed by atoms with Crippen LogP contribution in [-0.2, 0) is 12.2 Å². The molecule has 0 atom stereocenters. The van der Waals surface area contributed by atoms with E-state index in [0.29, 0.717) is 28.5 Å². The van der Waals surface area contributed by atoms with E-state index in [-0.39, 0.29) is 0 Å². The van der Waals surface area contributed by atoms with Crippen molar-refractivity contribution in [1.82, 2.24) is 9.88 Å². The highest BCUT2D eigenvalue weighted by Crippen LogP contribution is 2.39. The van der Waals surface area contributed by atoms with E-state index < -0.39 is 0 Å². The molecule has 2 N–H and O–H groups in total. The molecular weight excluding hydrogens is 380 g/mol. The van der Waals surface area contributed by atoms with Gasteiger partial charge in [0.05, 0.1) is 12.1 Å². The lowest BCUT2D eigenvalue weighted by atomic mass is 10.1. The Kier molecular flexibility index (Phi) is 6.98. The maximum absolute atomic E-state index is 9.82. The Morgan fingerprint density at radius 1 is 1.24 bits per heavy atom. The second-order valence-corrected chi connectivity index (χ2v) is 8.16. The molecule has 0 radical (unpaired) electrons. The summed E-state index contributed by atoms with van der Waals surface area (Å²) >= 11 is 1.55. The fraction of sp³-hybridized carbons (Fsp3) is 0.409. The molecule has 7 heteroatoms. The molecule has 1 fully saturated rings. The summed E-state index contributed by atoms with van der Waals surface area (Å²) < 4.78 is 0. The quantitative estimate of drug-likeness (QED) is 0.458. The second kappa shape index (κ2) is 9.65. The standard InChI is InChI=1S/C22H26N6S/c1-4-18-19(14-23)22(29-15-16-6-8-17(24)9-7-16)26-21(20(18)25-2)28-11-5-10-27(3)12-13-28/h6-9H,4-5,10-13,15,24H2,1,3H3. The first-order chi connectivity index (χ1) is 14.1. The molecule has 0 aliphatic carbocycles. The highest BCUT2D eigenvalue weighted by atomic mass is 32.2. The van der Waals surface area contributed by atoms with E-state index in [1.165, 1.54) is 0 Å². The maximum atomic E-state index is 9.82. The molecule has 1 aromatic carbocycles. The number of pyridine rings is 1. The zero-order valence-electron chi connectivity index (χ0n) is 17.0. The summed E-state index contributed by atoms with van der Waals surface area (Å²) in [4.78, 5) is 13.2. The minimum absolute atomic E-state index is 0.533. The molecule has 2 aromatic rings. The largest absolute Gasteiger partial charge is 0.399 e. The van der Waals surface area contributed by atoms with Crippen molar-refractivity contribution in [3.63, 3.8) is 0 Å². The fourth-order valence-electron chi connectivity index (χ4n) is 3.51. The minimum Gasteiger partial charge on any atom is -0.399 e. The number of hydrogen-bond donors (Lipinski definition) is 1. The first-order valence-electron chi connectivity index (χ1n) is 9.82. The van der Waals surface area contributed by atoms with Crippen LogP contribution in [0.3, 0.4) is 0 Å². The van der Waals surface area contributed by atoms with Crippen LogP contribution in [-0.4, -0.2) is 43.1 Å². The van der Waals surface area contributed by atoms with Gasteiger partial charge in [-0.25, -0.2) is 9.83 Å². The zero-order valence-corrected chi connectivity index (χ0v) is 17.8. The average molecular weight is 407 g/mol. The van der Waals surface area contributed by atoms with E-state index in [0.717, 1.165) is 55.2 Å². The summed E-state index contributed by atoms with van der Waals surface area (Å²) in [6, 6.07) is 10.1. The fourth-order valence-corrected chi connectivity index (χ4v) is 4.47. The Bertz CT molecular complexity index is 942. The summed E-state index contributed by atoms with van der Waals surface area (Å²) in [6.45, 7) is 13.4. The third kappa shape index (κ3) is 4.82. The summed E-state index contributed by atoms with van der Waals surface area (Å²) in [7, 11) is 2.12. The van der Waals surface area contributed by atoms with Crippen molar-refractivity contribution in [2.75, 3.05) is 43.9 Å². The molecule has 29 heavy (non-hydrogen) atoms. The van der Waals surface area contributed by atoms with Gasteiger partial charge < -0.3 is 15.5 Å². The van der Waals surface area contributed by atoms with Gasteiger partial charge in [0.25, 0.3) is 0 Å². The highest BCUT2D eigenvalue weighted by Gasteiger charge is 2.24. The van der Waals surface area contributed by atoms with Gasteiger partial charge in [-0.15, -0.1) is 11.8 Å². The van der Waals surface area contributed by atoms with Gasteiger partial charge in [-0.3, -0.25) is 0 Å². The van der Waals surface area contributed by atoms with Gasteiger partial charge in [-0.2, -0.15) is 5.26 Å². The third-order valence-corrected chi connectivity index (χ3v) is 6.22. The number of benzene rings is 1. The smallest absolute Gasteiger partial charge is 0.232 e. The number of aromatic nitrogens is 1. The van der Waals surface area contributed by atoms with Crippen LogP contribution in [0.4, 0.5) is 17.2 Å². The Morgan fingerprint density at radius 2 is 2.00 bits per heavy atom. The van der Waals surface area contributed by atoms with Gasteiger partial charge in [-0.1, -0.05) is 19.1 Å². The molecule has 0 bridgehead atoms. The van der Waals surface area contributed by atoms with Crippen molar-refractivity contribution in [3.05, 3.63) is 52.4 Å². The lowest BCUT2D eigenvalue weighted by molar-refractivity contribution is 0.360. The predicted octanol–water partition coefficient (Wildman–Crippen LogP) is 4.08. The molecule has 0 unspecified atom stereocenters. The van der Waals surface area contributed by atoms with Gasteiger partial charge in [-0.05, 0) is 49.7 Å². The Hall–Kier alpha value is -2.74. The van der Waals surface area contributed by atoms with Crippen molar-refractivity contribution in [1.29, 1.82) is 5.26 Å². The average Bonchev–Trinajstić information content (AvgIpc) is 2.96. The number of nitriles is 1. The highest BCUT2D eigenvalue weighted by molar-refractivity contribution is 7.98. The molecule has 1 saturated heterocycles. The first kappa shape index (κ1) is 21.0. The van der Waals surface area contributed by atoms with Crippen LogP contribution >= 0.6 is 11.8 Å². The molecule has 6 nitrogen and oxygen atoms in total. The van der Waals surface area contributed by atoms with Crippen molar-refractivity contribution in [3.8, 4) is 6.07 Å². The molecule has 1 aliphatic rings. The third-order valence-electron chi connectivity index (χ3n) is 5.17. The Morgan fingerprint density at radius 3 is 2.66 bits per heavy atom. The molecule has 3 rings (SSSR count).